The number of benzene rings is 3. The van der Waals surface area contributed by atoms with Crippen LogP contribution >= 0.6 is 11.6 Å². The minimum Gasteiger partial charge on any atom is -0.491 e. The molecule has 0 unspecified atom stereocenters. The Morgan fingerprint density at radius 2 is 1.77 bits per heavy atom. The average molecular weight is 563 g/mol. The zero-order valence-electron chi connectivity index (χ0n) is 22.9. The number of nitrogens with zero attached hydrogens (tertiary/aromatic N) is 3. The van der Waals surface area contributed by atoms with Gasteiger partial charge in [0.1, 0.15) is 17.9 Å². The molecule has 8 nitrogen and oxygen atoms in total. The molecule has 2 heterocycles. The van der Waals surface area contributed by atoms with Crippen LogP contribution in [-0.4, -0.2) is 77.8 Å². The molecular formula is C31H35ClN4O4. The van der Waals surface area contributed by atoms with Crippen LogP contribution in [0.3, 0.4) is 0 Å². The fourth-order valence-electron chi connectivity index (χ4n) is 4.92. The van der Waals surface area contributed by atoms with E-state index in [1.54, 1.807) is 6.07 Å². The number of amides is 1. The lowest BCUT2D eigenvalue weighted by molar-refractivity contribution is -0.117. The first kappa shape index (κ1) is 28.1. The molecule has 1 aliphatic heterocycles. The van der Waals surface area contributed by atoms with Gasteiger partial charge in [-0.3, -0.25) is 9.69 Å². The van der Waals surface area contributed by atoms with Gasteiger partial charge in [-0.1, -0.05) is 41.9 Å². The molecule has 40 heavy (non-hydrogen) atoms. The standard InChI is InChI=1S/C31H35ClN4O4/c1-21-6-5-7-22(2)30(21)34-29(38)19-36-16-14-35(15-17-36)13-12-23(37)20-39-24-10-11-28-27(18-24)33-31(40-28)25-8-3-4-9-26(25)32/h3-11,18,23,37H,12-17,19-20H2,1-2H3,(H,34,38)/t23-/m0/s1. The van der Waals surface area contributed by atoms with Crippen molar-refractivity contribution in [2.45, 2.75) is 26.4 Å². The Morgan fingerprint density at radius 3 is 2.52 bits per heavy atom. The van der Waals surface area contributed by atoms with Gasteiger partial charge in [0, 0.05) is 44.5 Å². The van der Waals surface area contributed by atoms with Crippen molar-refractivity contribution in [1.82, 2.24) is 14.8 Å². The number of hydrogen-bond acceptors (Lipinski definition) is 7. The van der Waals surface area contributed by atoms with Gasteiger partial charge in [-0.25, -0.2) is 4.98 Å². The number of carbonyl (C=O) groups excluding carboxylic acids is 1. The van der Waals surface area contributed by atoms with Crippen molar-refractivity contribution < 1.29 is 19.1 Å². The summed E-state index contributed by atoms with van der Waals surface area (Å²) in [4.78, 5) is 21.6. The number of aromatic nitrogens is 1. The van der Waals surface area contributed by atoms with Crippen molar-refractivity contribution in [2.24, 2.45) is 0 Å². The summed E-state index contributed by atoms with van der Waals surface area (Å²) < 4.78 is 11.7. The summed E-state index contributed by atoms with van der Waals surface area (Å²) >= 11 is 6.28. The summed E-state index contributed by atoms with van der Waals surface area (Å²) in [5, 5.41) is 14.2. The van der Waals surface area contributed by atoms with Crippen LogP contribution in [0.5, 0.6) is 5.75 Å². The van der Waals surface area contributed by atoms with Crippen LogP contribution in [0.1, 0.15) is 17.5 Å². The van der Waals surface area contributed by atoms with Gasteiger partial charge in [0.05, 0.1) is 23.2 Å². The van der Waals surface area contributed by atoms with Gasteiger partial charge in [0.2, 0.25) is 11.8 Å². The Morgan fingerprint density at radius 1 is 1.05 bits per heavy atom. The van der Waals surface area contributed by atoms with Gasteiger partial charge < -0.3 is 24.5 Å². The Labute approximate surface area is 239 Å². The zero-order chi connectivity index (χ0) is 28.1. The van der Waals surface area contributed by atoms with E-state index in [2.05, 4.69) is 20.1 Å². The van der Waals surface area contributed by atoms with E-state index in [1.807, 2.05) is 68.4 Å². The lowest BCUT2D eigenvalue weighted by Crippen LogP contribution is -2.49. The maximum Gasteiger partial charge on any atom is 0.238 e. The number of hydrogen-bond donors (Lipinski definition) is 2. The minimum atomic E-state index is -0.590. The van der Waals surface area contributed by atoms with E-state index >= 15 is 0 Å². The number of aliphatic hydroxyl groups is 1. The summed E-state index contributed by atoms with van der Waals surface area (Å²) in [6.45, 7) is 8.73. The minimum absolute atomic E-state index is 0.0160. The maximum atomic E-state index is 12.6. The molecular weight excluding hydrogens is 528 g/mol. The van der Waals surface area contributed by atoms with Gasteiger partial charge in [-0.05, 0) is 55.7 Å². The molecule has 0 bridgehead atoms. The van der Waals surface area contributed by atoms with Crippen molar-refractivity contribution in [2.75, 3.05) is 51.2 Å². The van der Waals surface area contributed by atoms with Crippen LogP contribution in [0.15, 0.2) is 65.1 Å². The molecule has 0 saturated carbocycles. The van der Waals surface area contributed by atoms with E-state index in [9.17, 15) is 9.90 Å². The zero-order valence-corrected chi connectivity index (χ0v) is 23.7. The van der Waals surface area contributed by atoms with Gasteiger partial charge >= 0.3 is 0 Å². The highest BCUT2D eigenvalue weighted by Gasteiger charge is 2.20. The second kappa shape index (κ2) is 12.8. The number of aliphatic hydroxyl groups excluding tert-OH is 1. The molecule has 4 aromatic rings. The summed E-state index contributed by atoms with van der Waals surface area (Å²) in [6, 6.07) is 18.9. The van der Waals surface area contributed by atoms with Gasteiger partial charge in [-0.2, -0.15) is 0 Å². The van der Waals surface area contributed by atoms with Crippen molar-refractivity contribution in [3.63, 3.8) is 0 Å². The molecule has 3 aromatic carbocycles. The van der Waals surface area contributed by atoms with Crippen LogP contribution in [0.25, 0.3) is 22.6 Å². The van der Waals surface area contributed by atoms with Crippen molar-refractivity contribution >= 4 is 34.3 Å². The molecule has 1 aliphatic rings. The van der Waals surface area contributed by atoms with Crippen LogP contribution in [-0.2, 0) is 4.79 Å². The number of aryl methyl sites for hydroxylation is 2. The highest BCUT2D eigenvalue weighted by molar-refractivity contribution is 6.33. The lowest BCUT2D eigenvalue weighted by atomic mass is 10.1. The average Bonchev–Trinajstić information content (AvgIpc) is 3.37. The number of para-hydroxylation sites is 1. The molecule has 5 rings (SSSR count). The third-order valence-electron chi connectivity index (χ3n) is 7.26. The summed E-state index contributed by atoms with van der Waals surface area (Å²) in [7, 11) is 0. The molecule has 1 aromatic heterocycles. The Bertz CT molecular complexity index is 1440. The summed E-state index contributed by atoms with van der Waals surface area (Å²) in [5.41, 5.74) is 5.10. The summed E-state index contributed by atoms with van der Waals surface area (Å²) in [5.74, 6) is 1.10. The van der Waals surface area contributed by atoms with Crippen LogP contribution < -0.4 is 10.1 Å². The SMILES string of the molecule is Cc1cccc(C)c1NC(=O)CN1CCN(CC[C@H](O)COc2ccc3oc(-c4ccccc4Cl)nc3c2)CC1. The molecule has 0 radical (unpaired) electrons. The van der Waals surface area contributed by atoms with Crippen molar-refractivity contribution in [3.8, 4) is 17.2 Å². The van der Waals surface area contributed by atoms with Crippen LogP contribution in [0.2, 0.25) is 5.02 Å². The van der Waals surface area contributed by atoms with E-state index in [1.165, 1.54) is 0 Å². The fourth-order valence-corrected chi connectivity index (χ4v) is 5.14. The van der Waals surface area contributed by atoms with Crippen molar-refractivity contribution in [1.29, 1.82) is 0 Å². The number of ether oxygens (including phenoxy) is 1. The van der Waals surface area contributed by atoms with E-state index in [0.717, 1.165) is 55.1 Å². The number of anilines is 1. The highest BCUT2D eigenvalue weighted by Crippen LogP contribution is 2.31. The molecule has 0 aliphatic carbocycles. The smallest absolute Gasteiger partial charge is 0.238 e. The van der Waals surface area contributed by atoms with Crippen molar-refractivity contribution in [3.05, 3.63) is 76.8 Å². The molecule has 0 spiro atoms. The van der Waals surface area contributed by atoms with Gasteiger partial charge in [-0.15, -0.1) is 0 Å². The highest BCUT2D eigenvalue weighted by atomic mass is 35.5. The number of nitrogens with one attached hydrogen (secondary N) is 1. The van der Waals surface area contributed by atoms with E-state index in [4.69, 9.17) is 20.8 Å². The van der Waals surface area contributed by atoms with Crippen LogP contribution in [0.4, 0.5) is 5.69 Å². The second-order valence-corrected chi connectivity index (χ2v) is 10.7. The Hall–Kier alpha value is -3.43. The monoisotopic (exact) mass is 562 g/mol. The molecule has 2 N–H and O–H groups in total. The number of rotatable bonds is 10. The third-order valence-corrected chi connectivity index (χ3v) is 7.59. The number of oxazole rings is 1. The Balaban J connectivity index is 1.03. The maximum absolute atomic E-state index is 12.6. The molecule has 1 atom stereocenters. The van der Waals surface area contributed by atoms with E-state index < -0.39 is 6.10 Å². The predicted octanol–water partition coefficient (Wildman–Crippen LogP) is 5.15. The largest absolute Gasteiger partial charge is 0.491 e. The number of piperazine rings is 1. The predicted molar refractivity (Wildman–Crippen MR) is 158 cm³/mol. The molecule has 1 amide bonds. The first-order valence-corrected chi connectivity index (χ1v) is 14.0. The number of fused-ring (bicyclic) bond motifs is 1. The van der Waals surface area contributed by atoms with Gasteiger partial charge in [0.15, 0.2) is 5.58 Å². The van der Waals surface area contributed by atoms with Gasteiger partial charge in [0.25, 0.3) is 0 Å². The van der Waals surface area contributed by atoms with E-state index in [0.29, 0.717) is 40.7 Å². The third kappa shape index (κ3) is 7.01. The summed E-state index contributed by atoms with van der Waals surface area (Å²) in [6.07, 6.45) is 0.0171. The fraction of sp³-hybridized carbons (Fsp3) is 0.355. The van der Waals surface area contributed by atoms with E-state index in [-0.39, 0.29) is 12.5 Å². The molecule has 9 heteroatoms. The Kier molecular flexibility index (Phi) is 9.01. The molecule has 1 fully saturated rings. The first-order chi connectivity index (χ1) is 19.4. The van der Waals surface area contributed by atoms with Crippen LogP contribution in [0, 0.1) is 13.8 Å². The molecule has 1 saturated heterocycles. The molecule has 210 valence electrons. The number of carbonyl (C=O) groups is 1. The normalized spacial score (nSPS) is 15.3. The second-order valence-electron chi connectivity index (χ2n) is 10.3. The number of halogens is 1. The lowest BCUT2D eigenvalue weighted by Gasteiger charge is -2.34. The topological polar surface area (TPSA) is 91.1 Å². The first-order valence-electron chi connectivity index (χ1n) is 13.6. The quantitative estimate of drug-likeness (QED) is 0.276.